The van der Waals surface area contributed by atoms with Crippen LogP contribution in [0.3, 0.4) is 0 Å². The Labute approximate surface area is 109 Å². The number of hydrogen-bond acceptors (Lipinski definition) is 5. The zero-order valence-electron chi connectivity index (χ0n) is 9.75. The number of nitrogens with two attached hydrogens (primary N) is 1. The van der Waals surface area contributed by atoms with Crippen molar-refractivity contribution in [2.45, 2.75) is 6.04 Å². The number of methoxy groups -OCH3 is 1. The summed E-state index contributed by atoms with van der Waals surface area (Å²) in [5.74, 6) is 0.244. The van der Waals surface area contributed by atoms with E-state index < -0.39 is 6.04 Å². The van der Waals surface area contributed by atoms with Gasteiger partial charge < -0.3 is 15.6 Å². The van der Waals surface area contributed by atoms with Crippen molar-refractivity contribution in [3.05, 3.63) is 45.6 Å². The molecule has 5 heteroatoms. The lowest BCUT2D eigenvalue weighted by atomic mass is 9.98. The zero-order chi connectivity index (χ0) is 13.1. The first kappa shape index (κ1) is 12.4. The molecular formula is C13H12N2O2S. The van der Waals surface area contributed by atoms with Gasteiger partial charge in [0, 0.05) is 10.4 Å². The largest absolute Gasteiger partial charge is 0.504 e. The Bertz CT molecular complexity index is 588. The van der Waals surface area contributed by atoms with Gasteiger partial charge in [0.1, 0.15) is 0 Å². The minimum Gasteiger partial charge on any atom is -0.504 e. The predicted molar refractivity (Wildman–Crippen MR) is 69.7 cm³/mol. The molecule has 0 aliphatic heterocycles. The maximum Gasteiger partial charge on any atom is 0.164 e. The van der Waals surface area contributed by atoms with Gasteiger partial charge >= 0.3 is 0 Å². The topological polar surface area (TPSA) is 79.3 Å². The van der Waals surface area contributed by atoms with Gasteiger partial charge in [0.05, 0.1) is 24.8 Å². The molecule has 2 rings (SSSR count). The van der Waals surface area contributed by atoms with E-state index in [0.29, 0.717) is 16.9 Å². The molecule has 18 heavy (non-hydrogen) atoms. The molecule has 0 bridgehead atoms. The number of phenolic OH excluding ortho intramolecular Hbond substituents is 1. The average molecular weight is 260 g/mol. The lowest BCUT2D eigenvalue weighted by molar-refractivity contribution is 0.369. The fourth-order valence-corrected chi connectivity index (χ4v) is 2.51. The molecule has 0 spiro atoms. The van der Waals surface area contributed by atoms with Gasteiger partial charge in [-0.25, -0.2) is 0 Å². The van der Waals surface area contributed by atoms with Crippen molar-refractivity contribution >= 4 is 11.3 Å². The predicted octanol–water partition coefficient (Wildman–Crippen LogP) is 2.38. The van der Waals surface area contributed by atoms with Crippen molar-refractivity contribution in [3.8, 4) is 17.6 Å². The quantitative estimate of drug-likeness (QED) is 0.888. The minimum atomic E-state index is -0.533. The molecular weight excluding hydrogens is 248 g/mol. The summed E-state index contributed by atoms with van der Waals surface area (Å²) >= 11 is 1.48. The van der Waals surface area contributed by atoms with Crippen LogP contribution in [0.1, 0.15) is 22.0 Å². The summed E-state index contributed by atoms with van der Waals surface area (Å²) in [7, 11) is 1.46. The van der Waals surface area contributed by atoms with Gasteiger partial charge in [-0.3, -0.25) is 0 Å². The highest BCUT2D eigenvalue weighted by molar-refractivity contribution is 7.10. The van der Waals surface area contributed by atoms with E-state index in [1.54, 1.807) is 12.1 Å². The van der Waals surface area contributed by atoms with Crippen LogP contribution in [0.5, 0.6) is 11.5 Å². The SMILES string of the molecule is COc1ccc(C#N)c([C@@H](N)c2cccs2)c1O. The number of aromatic hydroxyl groups is 1. The molecule has 0 saturated heterocycles. The third kappa shape index (κ3) is 2.04. The molecule has 1 aromatic carbocycles. The Morgan fingerprint density at radius 2 is 2.22 bits per heavy atom. The minimum absolute atomic E-state index is 0.0718. The number of rotatable bonds is 3. The van der Waals surface area contributed by atoms with Crippen LogP contribution in [-0.4, -0.2) is 12.2 Å². The monoisotopic (exact) mass is 260 g/mol. The summed E-state index contributed by atoms with van der Waals surface area (Å²) in [6, 6.07) is 8.41. The van der Waals surface area contributed by atoms with E-state index in [2.05, 4.69) is 0 Å². The Hall–Kier alpha value is -2.03. The number of thiophene rings is 1. The van der Waals surface area contributed by atoms with Crippen LogP contribution in [0.25, 0.3) is 0 Å². The summed E-state index contributed by atoms with van der Waals surface area (Å²) in [5.41, 5.74) is 6.86. The van der Waals surface area contributed by atoms with Crippen LogP contribution in [0.2, 0.25) is 0 Å². The van der Waals surface area contributed by atoms with Crippen molar-refractivity contribution in [2.24, 2.45) is 5.73 Å². The van der Waals surface area contributed by atoms with Gasteiger partial charge in [0.25, 0.3) is 0 Å². The lowest BCUT2D eigenvalue weighted by Crippen LogP contribution is -2.12. The highest BCUT2D eigenvalue weighted by Crippen LogP contribution is 2.38. The van der Waals surface area contributed by atoms with E-state index >= 15 is 0 Å². The molecule has 0 saturated carbocycles. The second-order valence-electron chi connectivity index (χ2n) is 3.68. The fraction of sp³-hybridized carbons (Fsp3) is 0.154. The van der Waals surface area contributed by atoms with E-state index in [1.807, 2.05) is 23.6 Å². The third-order valence-corrected chi connectivity index (χ3v) is 3.64. The number of hydrogen-bond donors (Lipinski definition) is 2. The summed E-state index contributed by atoms with van der Waals surface area (Å²) in [5, 5.41) is 21.1. The van der Waals surface area contributed by atoms with Crippen molar-refractivity contribution in [1.29, 1.82) is 5.26 Å². The summed E-state index contributed by atoms with van der Waals surface area (Å²) < 4.78 is 5.04. The van der Waals surface area contributed by atoms with Crippen molar-refractivity contribution in [3.63, 3.8) is 0 Å². The van der Waals surface area contributed by atoms with E-state index in [1.165, 1.54) is 18.4 Å². The first-order valence-corrected chi connectivity index (χ1v) is 6.16. The van der Waals surface area contributed by atoms with Crippen molar-refractivity contribution in [2.75, 3.05) is 7.11 Å². The summed E-state index contributed by atoms with van der Waals surface area (Å²) in [6.07, 6.45) is 0. The lowest BCUT2D eigenvalue weighted by Gasteiger charge is -2.15. The van der Waals surface area contributed by atoms with Gasteiger partial charge in [-0.15, -0.1) is 11.3 Å². The normalized spacial score (nSPS) is 11.8. The number of nitrogens with zero attached hydrogens (tertiary/aromatic N) is 1. The first-order chi connectivity index (χ1) is 8.69. The number of ether oxygens (including phenoxy) is 1. The van der Waals surface area contributed by atoms with Crippen LogP contribution in [0, 0.1) is 11.3 Å². The Morgan fingerprint density at radius 3 is 2.78 bits per heavy atom. The molecule has 0 radical (unpaired) electrons. The van der Waals surface area contributed by atoms with Gasteiger partial charge in [-0.2, -0.15) is 5.26 Å². The molecule has 0 aliphatic rings. The fourth-order valence-electron chi connectivity index (χ4n) is 1.78. The van der Waals surface area contributed by atoms with E-state index in [-0.39, 0.29) is 5.75 Å². The highest BCUT2D eigenvalue weighted by atomic mass is 32.1. The molecule has 0 aliphatic carbocycles. The zero-order valence-corrected chi connectivity index (χ0v) is 10.6. The molecule has 0 fully saturated rings. The van der Waals surface area contributed by atoms with Crippen LogP contribution in [-0.2, 0) is 0 Å². The van der Waals surface area contributed by atoms with Crippen LogP contribution < -0.4 is 10.5 Å². The second-order valence-corrected chi connectivity index (χ2v) is 4.66. The molecule has 0 unspecified atom stereocenters. The number of phenols is 1. The van der Waals surface area contributed by atoms with E-state index in [4.69, 9.17) is 15.7 Å². The van der Waals surface area contributed by atoms with Gasteiger partial charge in [-0.1, -0.05) is 6.07 Å². The molecule has 1 heterocycles. The average Bonchev–Trinajstić information content (AvgIpc) is 2.91. The Kier molecular flexibility index (Phi) is 3.51. The van der Waals surface area contributed by atoms with Crippen molar-refractivity contribution in [1.82, 2.24) is 0 Å². The molecule has 92 valence electrons. The van der Waals surface area contributed by atoms with Crippen LogP contribution >= 0.6 is 11.3 Å². The maximum absolute atomic E-state index is 10.1. The highest BCUT2D eigenvalue weighted by Gasteiger charge is 2.21. The maximum atomic E-state index is 10.1. The summed E-state index contributed by atoms with van der Waals surface area (Å²) in [6.45, 7) is 0. The Morgan fingerprint density at radius 1 is 1.44 bits per heavy atom. The molecule has 4 nitrogen and oxygen atoms in total. The number of benzene rings is 1. The molecule has 0 amide bonds. The standard InChI is InChI=1S/C13H12N2O2S/c1-17-9-5-4-8(7-14)11(13(9)16)12(15)10-3-2-6-18-10/h2-6,12,16H,15H2,1H3/t12-/m0/s1. The third-order valence-electron chi connectivity index (χ3n) is 2.68. The van der Waals surface area contributed by atoms with Crippen molar-refractivity contribution < 1.29 is 9.84 Å². The van der Waals surface area contributed by atoms with Gasteiger partial charge in [0.15, 0.2) is 11.5 Å². The molecule has 1 atom stereocenters. The number of nitriles is 1. The van der Waals surface area contributed by atoms with E-state index in [0.717, 1.165) is 4.88 Å². The summed E-state index contributed by atoms with van der Waals surface area (Å²) in [4.78, 5) is 0.884. The molecule has 3 N–H and O–H groups in total. The van der Waals surface area contributed by atoms with Crippen LogP contribution in [0.4, 0.5) is 0 Å². The van der Waals surface area contributed by atoms with Crippen LogP contribution in [0.15, 0.2) is 29.6 Å². The molecule has 1 aromatic heterocycles. The smallest absolute Gasteiger partial charge is 0.164 e. The Balaban J connectivity index is 2.58. The first-order valence-electron chi connectivity index (χ1n) is 5.28. The van der Waals surface area contributed by atoms with E-state index in [9.17, 15) is 5.11 Å². The molecule has 2 aromatic rings. The second kappa shape index (κ2) is 5.08. The van der Waals surface area contributed by atoms with Gasteiger partial charge in [-0.05, 0) is 23.6 Å². The van der Waals surface area contributed by atoms with Gasteiger partial charge in [0.2, 0.25) is 0 Å².